The lowest BCUT2D eigenvalue weighted by Crippen LogP contribution is -2.39. The summed E-state index contributed by atoms with van der Waals surface area (Å²) in [7, 11) is 1.75. The highest BCUT2D eigenvalue weighted by Gasteiger charge is 2.43. The second-order valence-corrected chi connectivity index (χ2v) is 5.88. The van der Waals surface area contributed by atoms with Gasteiger partial charge in [0.1, 0.15) is 5.60 Å². The fourth-order valence-corrected chi connectivity index (χ4v) is 2.65. The number of nitrogens with two attached hydrogens (primary N) is 1. The molecule has 0 radical (unpaired) electrons. The van der Waals surface area contributed by atoms with Gasteiger partial charge in [-0.15, -0.1) is 5.10 Å². The lowest BCUT2D eigenvalue weighted by atomic mass is 9.70. The summed E-state index contributed by atoms with van der Waals surface area (Å²) in [5.74, 6) is 0.825. The Bertz CT molecular complexity index is 391. The normalized spacial score (nSPS) is 22.0. The van der Waals surface area contributed by atoms with Crippen LogP contribution in [0.1, 0.15) is 45.4 Å². The molecule has 1 saturated carbocycles. The summed E-state index contributed by atoms with van der Waals surface area (Å²) in [6, 6.07) is 0. The molecule has 0 spiro atoms. The van der Waals surface area contributed by atoms with Crippen molar-refractivity contribution < 1.29 is 4.74 Å². The van der Waals surface area contributed by atoms with Gasteiger partial charge in [-0.05, 0) is 41.5 Å². The van der Waals surface area contributed by atoms with E-state index in [1.165, 1.54) is 0 Å². The van der Waals surface area contributed by atoms with Crippen LogP contribution in [0.5, 0.6) is 0 Å². The summed E-state index contributed by atoms with van der Waals surface area (Å²) >= 11 is 0. The van der Waals surface area contributed by atoms with Crippen LogP contribution in [0, 0.1) is 5.41 Å². The van der Waals surface area contributed by atoms with Gasteiger partial charge in [0.25, 0.3) is 0 Å². The molecule has 1 fully saturated rings. The van der Waals surface area contributed by atoms with Crippen LogP contribution in [0.15, 0.2) is 0 Å². The molecular formula is C12H23N5O. The van der Waals surface area contributed by atoms with E-state index in [1.807, 2.05) is 0 Å². The molecule has 0 bridgehead atoms. The maximum Gasteiger partial charge on any atom is 0.183 e. The fourth-order valence-electron chi connectivity index (χ4n) is 2.65. The van der Waals surface area contributed by atoms with Crippen molar-refractivity contribution in [1.29, 1.82) is 0 Å². The molecule has 6 heteroatoms. The third-order valence-corrected chi connectivity index (χ3v) is 4.08. The van der Waals surface area contributed by atoms with Gasteiger partial charge in [0.2, 0.25) is 0 Å². The van der Waals surface area contributed by atoms with Gasteiger partial charge < -0.3 is 10.5 Å². The average Bonchev–Trinajstić information content (AvgIpc) is 2.80. The number of aromatic nitrogens is 4. The van der Waals surface area contributed by atoms with Crippen LogP contribution in [0.2, 0.25) is 0 Å². The van der Waals surface area contributed by atoms with Crippen LogP contribution in [-0.4, -0.2) is 33.9 Å². The molecular weight excluding hydrogens is 230 g/mol. The van der Waals surface area contributed by atoms with Crippen molar-refractivity contribution in [1.82, 2.24) is 20.2 Å². The lowest BCUT2D eigenvalue weighted by molar-refractivity contribution is -0.0757. The number of hydrogen-bond acceptors (Lipinski definition) is 5. The second-order valence-electron chi connectivity index (χ2n) is 5.88. The zero-order chi connectivity index (χ0) is 13.2. The molecule has 18 heavy (non-hydrogen) atoms. The zero-order valence-electron chi connectivity index (χ0n) is 11.5. The van der Waals surface area contributed by atoms with Gasteiger partial charge in [-0.1, -0.05) is 13.8 Å². The van der Waals surface area contributed by atoms with Crippen LogP contribution >= 0.6 is 0 Å². The van der Waals surface area contributed by atoms with Crippen molar-refractivity contribution in [3.05, 3.63) is 5.82 Å². The van der Waals surface area contributed by atoms with E-state index < -0.39 is 0 Å². The highest BCUT2D eigenvalue weighted by atomic mass is 16.5. The molecule has 102 valence electrons. The molecule has 1 aliphatic carbocycles. The smallest absolute Gasteiger partial charge is 0.183 e. The quantitative estimate of drug-likeness (QED) is 0.868. The van der Waals surface area contributed by atoms with Crippen LogP contribution in [0.3, 0.4) is 0 Å². The minimum Gasteiger partial charge on any atom is -0.370 e. The molecule has 0 aliphatic heterocycles. The summed E-state index contributed by atoms with van der Waals surface area (Å²) in [5, 5.41) is 11.9. The minimum atomic E-state index is -0.339. The topological polar surface area (TPSA) is 78.9 Å². The van der Waals surface area contributed by atoms with Crippen LogP contribution in [0.4, 0.5) is 0 Å². The molecule has 0 unspecified atom stereocenters. The Balaban J connectivity index is 2.25. The highest BCUT2D eigenvalue weighted by Crippen LogP contribution is 2.46. The first-order valence-corrected chi connectivity index (χ1v) is 6.55. The fraction of sp³-hybridized carbons (Fsp3) is 0.917. The number of rotatable bonds is 4. The Morgan fingerprint density at radius 1 is 1.28 bits per heavy atom. The molecule has 0 saturated heterocycles. The molecule has 2 N–H and O–H groups in total. The summed E-state index contributed by atoms with van der Waals surface area (Å²) in [6.45, 7) is 5.77. The predicted molar refractivity (Wildman–Crippen MR) is 67.8 cm³/mol. The van der Waals surface area contributed by atoms with Crippen molar-refractivity contribution >= 4 is 0 Å². The van der Waals surface area contributed by atoms with Crippen molar-refractivity contribution in [3.8, 4) is 0 Å². The molecule has 1 aliphatic rings. The van der Waals surface area contributed by atoms with E-state index in [4.69, 9.17) is 10.5 Å². The largest absolute Gasteiger partial charge is 0.370 e. The summed E-state index contributed by atoms with van der Waals surface area (Å²) in [6.07, 6.45) is 4.16. The Hall–Kier alpha value is -1.01. The van der Waals surface area contributed by atoms with Gasteiger partial charge in [0.15, 0.2) is 5.82 Å². The molecule has 0 atom stereocenters. The van der Waals surface area contributed by atoms with Gasteiger partial charge >= 0.3 is 0 Å². The number of hydrogen-bond donors (Lipinski definition) is 1. The van der Waals surface area contributed by atoms with E-state index in [2.05, 4.69) is 29.4 Å². The predicted octanol–water partition coefficient (Wildman–Crippen LogP) is 1.07. The first kappa shape index (κ1) is 13.4. The molecule has 1 heterocycles. The number of nitrogens with zero attached hydrogens (tertiary/aromatic N) is 4. The minimum absolute atomic E-state index is 0.339. The van der Waals surface area contributed by atoms with Crippen molar-refractivity contribution in [2.75, 3.05) is 13.7 Å². The lowest BCUT2D eigenvalue weighted by Gasteiger charge is -2.41. The van der Waals surface area contributed by atoms with E-state index in [-0.39, 0.29) is 5.60 Å². The zero-order valence-corrected chi connectivity index (χ0v) is 11.5. The molecule has 2 rings (SSSR count). The third kappa shape index (κ3) is 2.40. The first-order valence-electron chi connectivity index (χ1n) is 6.55. The highest BCUT2D eigenvalue weighted by molar-refractivity contribution is 5.04. The van der Waals surface area contributed by atoms with Crippen LogP contribution in [0.25, 0.3) is 0 Å². The van der Waals surface area contributed by atoms with E-state index in [0.717, 1.165) is 31.5 Å². The third-order valence-electron chi connectivity index (χ3n) is 4.08. The van der Waals surface area contributed by atoms with E-state index >= 15 is 0 Å². The Morgan fingerprint density at radius 2 is 1.94 bits per heavy atom. The van der Waals surface area contributed by atoms with Gasteiger partial charge in [0, 0.05) is 13.7 Å². The molecule has 1 aromatic rings. The van der Waals surface area contributed by atoms with Crippen molar-refractivity contribution in [3.63, 3.8) is 0 Å². The second kappa shape index (κ2) is 4.93. The van der Waals surface area contributed by atoms with Gasteiger partial charge in [-0.25, -0.2) is 4.68 Å². The van der Waals surface area contributed by atoms with Crippen molar-refractivity contribution in [2.24, 2.45) is 11.1 Å². The Kier molecular flexibility index (Phi) is 3.68. The van der Waals surface area contributed by atoms with Crippen molar-refractivity contribution in [2.45, 2.75) is 51.7 Å². The van der Waals surface area contributed by atoms with Crippen LogP contribution < -0.4 is 5.73 Å². The monoisotopic (exact) mass is 253 g/mol. The molecule has 0 aromatic carbocycles. The average molecular weight is 253 g/mol. The van der Waals surface area contributed by atoms with E-state index in [9.17, 15) is 0 Å². The first-order chi connectivity index (χ1) is 8.53. The standard InChI is InChI=1S/C12H23N5O/c1-11(2)4-6-12(18-3,7-5-11)10-14-15-16-17(10)9-8-13/h4-9,13H2,1-3H3. The Morgan fingerprint density at radius 3 is 2.50 bits per heavy atom. The maximum absolute atomic E-state index is 5.80. The summed E-state index contributed by atoms with van der Waals surface area (Å²) < 4.78 is 7.58. The number of ether oxygens (including phenoxy) is 1. The molecule has 0 amide bonds. The SMILES string of the molecule is COC1(c2nnnn2CCN)CCC(C)(C)CC1. The van der Waals surface area contributed by atoms with E-state index in [0.29, 0.717) is 18.5 Å². The summed E-state index contributed by atoms with van der Waals surface area (Å²) in [4.78, 5) is 0. The van der Waals surface area contributed by atoms with Crippen LogP contribution in [-0.2, 0) is 16.9 Å². The van der Waals surface area contributed by atoms with Gasteiger partial charge in [-0.2, -0.15) is 0 Å². The Labute approximate surface area is 108 Å². The van der Waals surface area contributed by atoms with Gasteiger partial charge in [-0.3, -0.25) is 0 Å². The number of methoxy groups -OCH3 is 1. The molecule has 1 aromatic heterocycles. The number of tetrazole rings is 1. The summed E-state index contributed by atoms with van der Waals surface area (Å²) in [5.41, 5.74) is 5.63. The molecule has 6 nitrogen and oxygen atoms in total. The maximum atomic E-state index is 5.80. The van der Waals surface area contributed by atoms with E-state index in [1.54, 1.807) is 11.8 Å². The van der Waals surface area contributed by atoms with Gasteiger partial charge in [0.05, 0.1) is 6.54 Å².